The second-order valence-electron chi connectivity index (χ2n) is 20.6. The topological polar surface area (TPSA) is 237 Å². The molecule has 0 amide bonds. The monoisotopic (exact) mass is 1110 g/mol. The minimum Gasteiger partial charge on any atom is -0.462 e. The van der Waals surface area contributed by atoms with E-state index in [1.54, 1.807) is 0 Å². The SMILES string of the molecule is CCCCCCCCCCCCCC(=O)O[C@H](COC(=O)CCCCCCCCC(C)CC)COP(=O)(O)OC[C@@H](O)COP(=O)(O)OC[C@@H](COC(=O)CCCCCCCCC)OC(=O)CCCCCCCCC. The summed E-state index contributed by atoms with van der Waals surface area (Å²) in [4.78, 5) is 71.6. The maximum Gasteiger partial charge on any atom is 0.472 e. The summed E-state index contributed by atoms with van der Waals surface area (Å²) in [6.45, 7) is 7.00. The number of esters is 4. The van der Waals surface area contributed by atoms with Crippen LogP contribution < -0.4 is 0 Å². The maximum atomic E-state index is 12.9. The minimum absolute atomic E-state index is 0.103. The van der Waals surface area contributed by atoms with Gasteiger partial charge in [-0.25, -0.2) is 9.13 Å². The third kappa shape index (κ3) is 50.1. The zero-order valence-electron chi connectivity index (χ0n) is 47.7. The Balaban J connectivity index is 5.20. The van der Waals surface area contributed by atoms with Crippen molar-refractivity contribution in [3.8, 4) is 0 Å². The molecular formula is C56H108O17P2. The molecule has 6 atom stereocenters. The van der Waals surface area contributed by atoms with E-state index in [1.807, 2.05) is 0 Å². The van der Waals surface area contributed by atoms with Crippen molar-refractivity contribution in [2.24, 2.45) is 5.92 Å². The number of carbonyl (C=O) groups excluding carboxylic acids is 4. The molecule has 0 radical (unpaired) electrons. The van der Waals surface area contributed by atoms with Crippen molar-refractivity contribution in [1.82, 2.24) is 0 Å². The zero-order valence-corrected chi connectivity index (χ0v) is 49.5. The molecule has 0 aromatic carbocycles. The van der Waals surface area contributed by atoms with Crippen molar-refractivity contribution in [3.63, 3.8) is 0 Å². The maximum absolute atomic E-state index is 12.9. The van der Waals surface area contributed by atoms with Crippen LogP contribution >= 0.6 is 15.6 Å². The molecule has 0 heterocycles. The summed E-state index contributed by atoms with van der Waals surface area (Å²) >= 11 is 0. The number of aliphatic hydroxyl groups excluding tert-OH is 1. The lowest BCUT2D eigenvalue weighted by Crippen LogP contribution is -2.30. The van der Waals surface area contributed by atoms with Crippen molar-refractivity contribution in [2.45, 2.75) is 291 Å². The van der Waals surface area contributed by atoms with Crippen LogP contribution in [-0.2, 0) is 65.4 Å². The van der Waals surface area contributed by atoms with Gasteiger partial charge in [0, 0.05) is 25.7 Å². The van der Waals surface area contributed by atoms with Crippen LogP contribution in [0.15, 0.2) is 0 Å². The van der Waals surface area contributed by atoms with Crippen LogP contribution in [0, 0.1) is 5.92 Å². The molecule has 0 spiro atoms. The van der Waals surface area contributed by atoms with E-state index in [0.29, 0.717) is 25.7 Å². The van der Waals surface area contributed by atoms with Crippen LogP contribution in [0.3, 0.4) is 0 Å². The van der Waals surface area contributed by atoms with E-state index in [0.717, 1.165) is 128 Å². The van der Waals surface area contributed by atoms with Crippen molar-refractivity contribution < 1.29 is 80.2 Å². The lowest BCUT2D eigenvalue weighted by molar-refractivity contribution is -0.161. The molecule has 3 unspecified atom stereocenters. The van der Waals surface area contributed by atoms with Crippen LogP contribution in [0.25, 0.3) is 0 Å². The first-order valence-corrected chi connectivity index (χ1v) is 32.7. The van der Waals surface area contributed by atoms with Crippen LogP contribution in [0.5, 0.6) is 0 Å². The molecule has 0 aromatic heterocycles. The molecule has 0 aromatic rings. The second kappa shape index (κ2) is 50.3. The highest BCUT2D eigenvalue weighted by Crippen LogP contribution is 2.45. The molecule has 0 rings (SSSR count). The number of rotatable bonds is 56. The highest BCUT2D eigenvalue weighted by molar-refractivity contribution is 7.47. The third-order valence-electron chi connectivity index (χ3n) is 13.1. The van der Waals surface area contributed by atoms with Gasteiger partial charge in [0.2, 0.25) is 0 Å². The van der Waals surface area contributed by atoms with Crippen LogP contribution in [0.4, 0.5) is 0 Å². The van der Waals surface area contributed by atoms with Gasteiger partial charge in [-0.3, -0.25) is 37.3 Å². The molecule has 0 saturated heterocycles. The van der Waals surface area contributed by atoms with E-state index < -0.39 is 97.5 Å². The number of unbranched alkanes of at least 4 members (excludes halogenated alkanes) is 27. The van der Waals surface area contributed by atoms with Crippen LogP contribution in [-0.4, -0.2) is 96.7 Å². The Kier molecular flexibility index (Phi) is 49.0. The molecule has 0 aliphatic rings. The molecule has 75 heavy (non-hydrogen) atoms. The van der Waals surface area contributed by atoms with E-state index >= 15 is 0 Å². The van der Waals surface area contributed by atoms with Crippen molar-refractivity contribution in [1.29, 1.82) is 0 Å². The Morgan fingerprint density at radius 1 is 0.373 bits per heavy atom. The molecule has 3 N–H and O–H groups in total. The Morgan fingerprint density at radius 3 is 0.947 bits per heavy atom. The zero-order chi connectivity index (χ0) is 55.7. The standard InChI is InChI=1S/C56H108O17P2/c1-6-10-13-16-19-20-21-22-25-32-37-42-56(61)73-52(46-67-54(59)40-35-30-27-26-28-33-38-49(5)9-4)48-71-75(64,65)69-44-50(57)43-68-74(62,63)70-47-51(72-55(60)41-36-31-24-18-15-12-8-3)45-66-53(58)39-34-29-23-17-14-11-7-2/h49-52,57H,6-48H2,1-5H3,(H,62,63)(H,64,65)/t49?,50-,51+,52+/m0/s1. The summed E-state index contributed by atoms with van der Waals surface area (Å²) in [7, 11) is -9.86. The highest BCUT2D eigenvalue weighted by atomic mass is 31.2. The predicted molar refractivity (Wildman–Crippen MR) is 294 cm³/mol. The quantitative estimate of drug-likeness (QED) is 0.0222. The minimum atomic E-state index is -4.93. The number of hydrogen-bond donors (Lipinski definition) is 3. The number of ether oxygens (including phenoxy) is 4. The first-order chi connectivity index (χ1) is 36.1. The summed E-state index contributed by atoms with van der Waals surface area (Å²) in [5.41, 5.74) is 0. The van der Waals surface area contributed by atoms with Gasteiger partial charge in [-0.05, 0) is 31.6 Å². The molecule has 17 nitrogen and oxygen atoms in total. The first kappa shape index (κ1) is 73.1. The van der Waals surface area contributed by atoms with Crippen molar-refractivity contribution >= 4 is 39.5 Å². The Bertz CT molecular complexity index is 1490. The summed E-state index contributed by atoms with van der Waals surface area (Å²) in [5.74, 6) is -1.42. The number of phosphoric acid groups is 2. The highest BCUT2D eigenvalue weighted by Gasteiger charge is 2.30. The summed E-state index contributed by atoms with van der Waals surface area (Å²) in [6, 6.07) is 0. The fourth-order valence-electron chi connectivity index (χ4n) is 8.14. The van der Waals surface area contributed by atoms with Gasteiger partial charge in [0.05, 0.1) is 26.4 Å². The molecule has 19 heteroatoms. The lowest BCUT2D eigenvalue weighted by Gasteiger charge is -2.21. The summed E-state index contributed by atoms with van der Waals surface area (Å²) in [5, 5.41) is 10.5. The molecular weight excluding hydrogens is 1010 g/mol. The second-order valence-corrected chi connectivity index (χ2v) is 23.5. The third-order valence-corrected chi connectivity index (χ3v) is 15.0. The lowest BCUT2D eigenvalue weighted by atomic mass is 10.00. The summed E-state index contributed by atoms with van der Waals surface area (Å²) < 4.78 is 67.4. The number of aliphatic hydroxyl groups is 1. The number of phosphoric ester groups is 2. The van der Waals surface area contributed by atoms with Crippen molar-refractivity contribution in [3.05, 3.63) is 0 Å². The average molecular weight is 1120 g/mol. The van der Waals surface area contributed by atoms with E-state index in [2.05, 4.69) is 34.6 Å². The van der Waals surface area contributed by atoms with Gasteiger partial charge in [-0.2, -0.15) is 0 Å². The normalized spacial score (nSPS) is 14.8. The average Bonchev–Trinajstić information content (AvgIpc) is 3.38. The molecule has 0 aliphatic heterocycles. The Labute approximate surface area is 454 Å². The smallest absolute Gasteiger partial charge is 0.462 e. The van der Waals surface area contributed by atoms with Gasteiger partial charge in [0.15, 0.2) is 12.2 Å². The predicted octanol–water partition coefficient (Wildman–Crippen LogP) is 14.7. The van der Waals surface area contributed by atoms with Gasteiger partial charge < -0.3 is 33.8 Å². The number of hydrogen-bond acceptors (Lipinski definition) is 15. The van der Waals surface area contributed by atoms with Crippen LogP contribution in [0.2, 0.25) is 0 Å². The van der Waals surface area contributed by atoms with E-state index in [9.17, 15) is 43.2 Å². The Hall–Kier alpha value is -1.94. The van der Waals surface area contributed by atoms with E-state index in [1.165, 1.54) is 64.2 Å². The number of carbonyl (C=O) groups is 4. The van der Waals surface area contributed by atoms with E-state index in [-0.39, 0.29) is 25.7 Å². The van der Waals surface area contributed by atoms with Gasteiger partial charge in [-0.1, -0.05) is 221 Å². The molecule has 0 fully saturated rings. The molecule has 0 saturated carbocycles. The first-order valence-electron chi connectivity index (χ1n) is 29.7. The van der Waals surface area contributed by atoms with Crippen molar-refractivity contribution in [2.75, 3.05) is 39.6 Å². The molecule has 444 valence electrons. The van der Waals surface area contributed by atoms with Gasteiger partial charge in [0.25, 0.3) is 0 Å². The van der Waals surface area contributed by atoms with E-state index in [4.69, 9.17) is 37.0 Å². The molecule has 0 bridgehead atoms. The fourth-order valence-corrected chi connectivity index (χ4v) is 9.71. The van der Waals surface area contributed by atoms with Crippen LogP contribution in [0.1, 0.15) is 272 Å². The summed E-state index contributed by atoms with van der Waals surface area (Å²) in [6.07, 6.45) is 30.9. The van der Waals surface area contributed by atoms with Gasteiger partial charge in [-0.15, -0.1) is 0 Å². The largest absolute Gasteiger partial charge is 0.472 e. The Morgan fingerprint density at radius 2 is 0.640 bits per heavy atom. The van der Waals surface area contributed by atoms with Gasteiger partial charge in [0.1, 0.15) is 19.3 Å². The van der Waals surface area contributed by atoms with Gasteiger partial charge >= 0.3 is 39.5 Å². The fraction of sp³-hybridized carbons (Fsp3) is 0.929. The molecule has 0 aliphatic carbocycles.